The van der Waals surface area contributed by atoms with Crippen molar-refractivity contribution >= 4 is 5.91 Å². The van der Waals surface area contributed by atoms with Crippen molar-refractivity contribution in [1.29, 1.82) is 0 Å². The zero-order valence-corrected chi connectivity index (χ0v) is 11.4. The number of rotatable bonds is 4. The summed E-state index contributed by atoms with van der Waals surface area (Å²) < 4.78 is 5.65. The molecule has 104 valence electrons. The fourth-order valence-corrected chi connectivity index (χ4v) is 2.37. The maximum absolute atomic E-state index is 12.1. The first-order valence-electron chi connectivity index (χ1n) is 6.86. The molecule has 1 saturated heterocycles. The van der Waals surface area contributed by atoms with E-state index in [0.717, 1.165) is 24.8 Å². The van der Waals surface area contributed by atoms with E-state index in [1.807, 2.05) is 30.3 Å². The molecule has 4 heteroatoms. The van der Waals surface area contributed by atoms with Crippen LogP contribution in [0.1, 0.15) is 31.7 Å². The second kappa shape index (κ2) is 6.68. The average Bonchev–Trinajstić information content (AvgIpc) is 2.54. The van der Waals surface area contributed by atoms with Gasteiger partial charge in [0.15, 0.2) is 0 Å². The van der Waals surface area contributed by atoms with E-state index in [9.17, 15) is 4.79 Å². The van der Waals surface area contributed by atoms with Gasteiger partial charge >= 0.3 is 0 Å². The van der Waals surface area contributed by atoms with Gasteiger partial charge < -0.3 is 15.4 Å². The third-order valence-electron chi connectivity index (χ3n) is 3.61. The van der Waals surface area contributed by atoms with Crippen molar-refractivity contribution < 1.29 is 9.53 Å². The normalized spacial score (nSPS) is 24.3. The van der Waals surface area contributed by atoms with Crippen molar-refractivity contribution in [2.24, 2.45) is 5.73 Å². The number of likely N-dealkylation sites (tertiary alicyclic amines) is 1. The van der Waals surface area contributed by atoms with Crippen molar-refractivity contribution in [3.8, 4) is 0 Å². The zero-order valence-electron chi connectivity index (χ0n) is 11.4. The SMILES string of the molecule is CC1CCCC(N)C(=O)N1COCc1ccccc1. The lowest BCUT2D eigenvalue weighted by molar-refractivity contribution is -0.140. The minimum atomic E-state index is -0.370. The van der Waals surface area contributed by atoms with Crippen LogP contribution < -0.4 is 5.73 Å². The van der Waals surface area contributed by atoms with Crippen LogP contribution >= 0.6 is 0 Å². The molecular weight excluding hydrogens is 240 g/mol. The van der Waals surface area contributed by atoms with Gasteiger partial charge in [0.25, 0.3) is 0 Å². The highest BCUT2D eigenvalue weighted by molar-refractivity contribution is 5.82. The van der Waals surface area contributed by atoms with E-state index in [1.165, 1.54) is 0 Å². The van der Waals surface area contributed by atoms with Crippen LogP contribution in [-0.2, 0) is 16.1 Å². The lowest BCUT2D eigenvalue weighted by atomic mass is 10.1. The third kappa shape index (κ3) is 3.78. The molecule has 1 heterocycles. The summed E-state index contributed by atoms with van der Waals surface area (Å²) in [6.45, 7) is 2.90. The van der Waals surface area contributed by atoms with Crippen LogP contribution in [0.3, 0.4) is 0 Å². The van der Waals surface area contributed by atoms with Gasteiger partial charge in [0.1, 0.15) is 6.73 Å². The largest absolute Gasteiger partial charge is 0.356 e. The van der Waals surface area contributed by atoms with Gasteiger partial charge in [-0.05, 0) is 31.7 Å². The number of carbonyl (C=O) groups excluding carboxylic acids is 1. The van der Waals surface area contributed by atoms with E-state index in [4.69, 9.17) is 10.5 Å². The van der Waals surface area contributed by atoms with E-state index in [2.05, 4.69) is 6.92 Å². The van der Waals surface area contributed by atoms with Gasteiger partial charge in [-0.3, -0.25) is 4.79 Å². The van der Waals surface area contributed by atoms with Crippen molar-refractivity contribution in [3.63, 3.8) is 0 Å². The monoisotopic (exact) mass is 262 g/mol. The molecule has 1 aromatic rings. The van der Waals surface area contributed by atoms with Gasteiger partial charge in [0.05, 0.1) is 12.6 Å². The van der Waals surface area contributed by atoms with Crippen molar-refractivity contribution in [1.82, 2.24) is 4.90 Å². The Hall–Kier alpha value is -1.39. The van der Waals surface area contributed by atoms with E-state index >= 15 is 0 Å². The Labute approximate surface area is 114 Å². The number of hydrogen-bond acceptors (Lipinski definition) is 3. The van der Waals surface area contributed by atoms with Crippen LogP contribution in [0.5, 0.6) is 0 Å². The highest BCUT2D eigenvalue weighted by Gasteiger charge is 2.28. The highest BCUT2D eigenvalue weighted by Crippen LogP contribution is 2.17. The second-order valence-corrected chi connectivity index (χ2v) is 5.16. The molecule has 1 fully saturated rings. The smallest absolute Gasteiger partial charge is 0.241 e. The Kier molecular flexibility index (Phi) is 4.93. The standard InChI is InChI=1S/C15H22N2O2/c1-12-6-5-9-14(16)15(18)17(12)11-19-10-13-7-3-2-4-8-13/h2-4,7-8,12,14H,5-6,9-11,16H2,1H3. The number of amides is 1. The van der Waals surface area contributed by atoms with Gasteiger partial charge in [-0.15, -0.1) is 0 Å². The molecule has 2 rings (SSSR count). The topological polar surface area (TPSA) is 55.6 Å². The van der Waals surface area contributed by atoms with Crippen LogP contribution in [0.25, 0.3) is 0 Å². The number of nitrogens with zero attached hydrogens (tertiary/aromatic N) is 1. The molecular formula is C15H22N2O2. The summed E-state index contributed by atoms with van der Waals surface area (Å²) in [7, 11) is 0. The maximum Gasteiger partial charge on any atom is 0.241 e. The van der Waals surface area contributed by atoms with Gasteiger partial charge in [-0.25, -0.2) is 0 Å². The first kappa shape index (κ1) is 14.0. The zero-order chi connectivity index (χ0) is 13.7. The van der Waals surface area contributed by atoms with Gasteiger partial charge in [0.2, 0.25) is 5.91 Å². The first-order valence-corrected chi connectivity index (χ1v) is 6.86. The molecule has 1 aliphatic heterocycles. The molecule has 2 unspecified atom stereocenters. The molecule has 2 N–H and O–H groups in total. The Morgan fingerprint density at radius 1 is 1.32 bits per heavy atom. The number of nitrogens with two attached hydrogens (primary N) is 1. The van der Waals surface area contributed by atoms with E-state index in [0.29, 0.717) is 13.3 Å². The summed E-state index contributed by atoms with van der Waals surface area (Å²) in [5.74, 6) is 0.0121. The first-order chi connectivity index (χ1) is 9.18. The molecule has 1 amide bonds. The van der Waals surface area contributed by atoms with Gasteiger partial charge in [-0.2, -0.15) is 0 Å². The third-order valence-corrected chi connectivity index (χ3v) is 3.61. The van der Waals surface area contributed by atoms with Crippen LogP contribution in [-0.4, -0.2) is 29.6 Å². The predicted octanol–water partition coefficient (Wildman–Crippen LogP) is 1.89. The molecule has 0 spiro atoms. The summed E-state index contributed by atoms with van der Waals surface area (Å²) in [6, 6.07) is 9.80. The van der Waals surface area contributed by atoms with Crippen LogP contribution in [0.4, 0.5) is 0 Å². The number of hydrogen-bond donors (Lipinski definition) is 1. The molecule has 1 aromatic carbocycles. The number of benzene rings is 1. The molecule has 0 saturated carbocycles. The Morgan fingerprint density at radius 2 is 2.05 bits per heavy atom. The quantitative estimate of drug-likeness (QED) is 0.901. The van der Waals surface area contributed by atoms with E-state index in [1.54, 1.807) is 4.90 Å². The summed E-state index contributed by atoms with van der Waals surface area (Å²) in [6.07, 6.45) is 2.77. The summed E-state index contributed by atoms with van der Waals surface area (Å²) in [5, 5.41) is 0. The molecule has 2 atom stereocenters. The highest BCUT2D eigenvalue weighted by atomic mass is 16.5. The lowest BCUT2D eigenvalue weighted by Gasteiger charge is -2.28. The Balaban J connectivity index is 1.87. The molecule has 0 aliphatic carbocycles. The summed E-state index contributed by atoms with van der Waals surface area (Å²) in [5.41, 5.74) is 6.98. The molecule has 4 nitrogen and oxygen atoms in total. The number of ether oxygens (including phenoxy) is 1. The van der Waals surface area contributed by atoms with Crippen molar-refractivity contribution in [2.75, 3.05) is 6.73 Å². The van der Waals surface area contributed by atoms with Crippen molar-refractivity contribution in [2.45, 2.75) is 44.9 Å². The molecule has 1 aliphatic rings. The van der Waals surface area contributed by atoms with Crippen LogP contribution in [0.15, 0.2) is 30.3 Å². The Bertz CT molecular complexity index is 408. The Morgan fingerprint density at radius 3 is 2.79 bits per heavy atom. The fourth-order valence-electron chi connectivity index (χ4n) is 2.37. The minimum Gasteiger partial charge on any atom is -0.356 e. The van der Waals surface area contributed by atoms with E-state index < -0.39 is 0 Å². The van der Waals surface area contributed by atoms with E-state index in [-0.39, 0.29) is 18.0 Å². The second-order valence-electron chi connectivity index (χ2n) is 5.16. The molecule has 0 radical (unpaired) electrons. The molecule has 0 aromatic heterocycles. The lowest BCUT2D eigenvalue weighted by Crippen LogP contribution is -2.46. The summed E-state index contributed by atoms with van der Waals surface area (Å²) >= 11 is 0. The molecule has 19 heavy (non-hydrogen) atoms. The van der Waals surface area contributed by atoms with Crippen LogP contribution in [0.2, 0.25) is 0 Å². The molecule has 0 bridgehead atoms. The fraction of sp³-hybridized carbons (Fsp3) is 0.533. The number of carbonyl (C=O) groups is 1. The minimum absolute atomic E-state index is 0.0121. The van der Waals surface area contributed by atoms with Crippen LogP contribution in [0, 0.1) is 0 Å². The maximum atomic E-state index is 12.1. The average molecular weight is 262 g/mol. The van der Waals surface area contributed by atoms with Gasteiger partial charge in [0, 0.05) is 6.04 Å². The van der Waals surface area contributed by atoms with Gasteiger partial charge in [-0.1, -0.05) is 30.3 Å². The predicted molar refractivity (Wildman–Crippen MR) is 74.2 cm³/mol. The summed E-state index contributed by atoms with van der Waals surface area (Å²) in [4.78, 5) is 13.9. The van der Waals surface area contributed by atoms with Crippen molar-refractivity contribution in [3.05, 3.63) is 35.9 Å².